The first-order valence-corrected chi connectivity index (χ1v) is 9.82. The van der Waals surface area contributed by atoms with Gasteiger partial charge in [-0.3, -0.25) is 4.79 Å². The number of hydrogen-bond donors (Lipinski definition) is 1. The normalized spacial score (nSPS) is 15.0. The second kappa shape index (κ2) is 8.14. The van der Waals surface area contributed by atoms with Gasteiger partial charge in [0.2, 0.25) is 0 Å². The standard InChI is InChI=1S/C25H27FO2/c1-15(2)11-21-22(12-17-5-7-18(8-6-17)16(3)4)20-10-9-19(26)13-23(20)24(21)14-25(27)28/h5-10,12-13,15-16H,11,14H2,1-4H3,(H,27,28)/b22-12+. The van der Waals surface area contributed by atoms with Crippen molar-refractivity contribution in [1.82, 2.24) is 0 Å². The number of hydrogen-bond acceptors (Lipinski definition) is 1. The average Bonchev–Trinajstić information content (AvgIpc) is 2.87. The minimum Gasteiger partial charge on any atom is -0.481 e. The van der Waals surface area contributed by atoms with Gasteiger partial charge in [-0.25, -0.2) is 4.39 Å². The molecule has 0 amide bonds. The van der Waals surface area contributed by atoms with Gasteiger partial charge in [-0.15, -0.1) is 0 Å². The summed E-state index contributed by atoms with van der Waals surface area (Å²) >= 11 is 0. The van der Waals surface area contributed by atoms with Crippen molar-refractivity contribution in [3.63, 3.8) is 0 Å². The van der Waals surface area contributed by atoms with E-state index in [1.165, 1.54) is 17.7 Å². The Morgan fingerprint density at radius 1 is 1.00 bits per heavy atom. The SMILES string of the molecule is CC(C)CC1=C(CC(=O)O)c2cc(F)ccc2/C1=C\c1ccc(C(C)C)cc1. The Bertz CT molecular complexity index is 947. The fourth-order valence-electron chi connectivity index (χ4n) is 3.79. The van der Waals surface area contributed by atoms with Gasteiger partial charge in [0.15, 0.2) is 0 Å². The minimum absolute atomic E-state index is 0.0951. The van der Waals surface area contributed by atoms with Crippen LogP contribution in [0.4, 0.5) is 4.39 Å². The smallest absolute Gasteiger partial charge is 0.307 e. The molecule has 3 rings (SSSR count). The van der Waals surface area contributed by atoms with Gasteiger partial charge >= 0.3 is 5.97 Å². The van der Waals surface area contributed by atoms with Crippen LogP contribution in [0.2, 0.25) is 0 Å². The minimum atomic E-state index is -0.894. The molecule has 0 atom stereocenters. The zero-order valence-corrected chi connectivity index (χ0v) is 16.9. The molecule has 0 aliphatic heterocycles. The number of carboxylic acids is 1. The summed E-state index contributed by atoms with van der Waals surface area (Å²) in [7, 11) is 0. The lowest BCUT2D eigenvalue weighted by atomic mass is 9.92. The van der Waals surface area contributed by atoms with E-state index in [9.17, 15) is 14.3 Å². The molecule has 28 heavy (non-hydrogen) atoms. The van der Waals surface area contributed by atoms with Crippen LogP contribution in [0.3, 0.4) is 0 Å². The van der Waals surface area contributed by atoms with Crippen molar-refractivity contribution in [3.05, 3.63) is 76.1 Å². The van der Waals surface area contributed by atoms with E-state index in [2.05, 4.69) is 58.0 Å². The highest BCUT2D eigenvalue weighted by Crippen LogP contribution is 2.46. The Balaban J connectivity index is 2.16. The van der Waals surface area contributed by atoms with E-state index < -0.39 is 5.97 Å². The van der Waals surface area contributed by atoms with Gasteiger partial charge in [-0.05, 0) is 75.4 Å². The molecule has 2 aromatic carbocycles. The van der Waals surface area contributed by atoms with Gasteiger partial charge in [0, 0.05) is 0 Å². The molecule has 0 saturated carbocycles. The van der Waals surface area contributed by atoms with Crippen LogP contribution in [0.25, 0.3) is 17.2 Å². The van der Waals surface area contributed by atoms with Gasteiger partial charge in [-0.2, -0.15) is 0 Å². The van der Waals surface area contributed by atoms with Crippen molar-refractivity contribution in [1.29, 1.82) is 0 Å². The van der Waals surface area contributed by atoms with Crippen molar-refractivity contribution >= 4 is 23.2 Å². The Morgan fingerprint density at radius 3 is 2.25 bits per heavy atom. The summed E-state index contributed by atoms with van der Waals surface area (Å²) in [5, 5.41) is 9.43. The van der Waals surface area contributed by atoms with Crippen LogP contribution in [0, 0.1) is 11.7 Å². The maximum Gasteiger partial charge on any atom is 0.307 e. The molecule has 1 aliphatic rings. The molecule has 3 heteroatoms. The molecule has 1 aliphatic carbocycles. The summed E-state index contributed by atoms with van der Waals surface area (Å²) in [4.78, 5) is 11.5. The van der Waals surface area contributed by atoms with E-state index >= 15 is 0 Å². The monoisotopic (exact) mass is 378 g/mol. The fraction of sp³-hybridized carbons (Fsp3) is 0.320. The lowest BCUT2D eigenvalue weighted by molar-refractivity contribution is -0.135. The Hall–Kier alpha value is -2.68. The lowest BCUT2D eigenvalue weighted by Crippen LogP contribution is -1.99. The summed E-state index contributed by atoms with van der Waals surface area (Å²) in [6.07, 6.45) is 2.77. The van der Waals surface area contributed by atoms with Gasteiger partial charge in [-0.1, -0.05) is 58.0 Å². The van der Waals surface area contributed by atoms with E-state index in [-0.39, 0.29) is 12.2 Å². The lowest BCUT2D eigenvalue weighted by Gasteiger charge is -2.12. The van der Waals surface area contributed by atoms with E-state index in [1.54, 1.807) is 6.07 Å². The quantitative estimate of drug-likeness (QED) is 0.602. The highest BCUT2D eigenvalue weighted by molar-refractivity contribution is 6.07. The third kappa shape index (κ3) is 4.24. The number of carboxylic acid groups (broad SMARTS) is 1. The molecule has 1 N–H and O–H groups in total. The van der Waals surface area contributed by atoms with Gasteiger partial charge in [0.1, 0.15) is 5.82 Å². The zero-order valence-electron chi connectivity index (χ0n) is 16.9. The van der Waals surface area contributed by atoms with E-state index in [1.807, 2.05) is 0 Å². The van der Waals surface area contributed by atoms with Crippen molar-refractivity contribution in [2.24, 2.45) is 5.92 Å². The molecule has 0 unspecified atom stereocenters. The summed E-state index contributed by atoms with van der Waals surface area (Å²) in [6, 6.07) is 13.1. The van der Waals surface area contributed by atoms with Crippen LogP contribution >= 0.6 is 0 Å². The third-order valence-electron chi connectivity index (χ3n) is 5.14. The van der Waals surface area contributed by atoms with E-state index in [0.29, 0.717) is 17.4 Å². The number of fused-ring (bicyclic) bond motifs is 1. The number of aliphatic carboxylic acids is 1. The topological polar surface area (TPSA) is 37.3 Å². The molecule has 2 aromatic rings. The summed E-state index contributed by atoms with van der Waals surface area (Å²) in [5.74, 6) is -0.401. The number of rotatable bonds is 6. The van der Waals surface area contributed by atoms with Crippen LogP contribution < -0.4 is 0 Å². The molecule has 0 saturated heterocycles. The number of benzene rings is 2. The molecular weight excluding hydrogens is 351 g/mol. The molecule has 146 valence electrons. The van der Waals surface area contributed by atoms with Crippen LogP contribution in [-0.2, 0) is 4.79 Å². The summed E-state index contributed by atoms with van der Waals surface area (Å²) < 4.78 is 13.9. The predicted octanol–water partition coefficient (Wildman–Crippen LogP) is 6.78. The molecule has 2 nitrogen and oxygen atoms in total. The molecule has 0 radical (unpaired) electrons. The van der Waals surface area contributed by atoms with Gasteiger partial charge in [0.05, 0.1) is 6.42 Å². The average molecular weight is 378 g/mol. The second-order valence-corrected chi connectivity index (χ2v) is 8.19. The van der Waals surface area contributed by atoms with E-state index in [4.69, 9.17) is 0 Å². The second-order valence-electron chi connectivity index (χ2n) is 8.19. The number of carbonyl (C=O) groups is 1. The van der Waals surface area contributed by atoms with Crippen molar-refractivity contribution < 1.29 is 14.3 Å². The molecule has 0 heterocycles. The predicted molar refractivity (Wildman–Crippen MR) is 113 cm³/mol. The maximum atomic E-state index is 13.9. The summed E-state index contributed by atoms with van der Waals surface area (Å²) in [5.41, 5.74) is 6.74. The molecule has 0 spiro atoms. The molecule has 0 fully saturated rings. The van der Waals surface area contributed by atoms with Crippen molar-refractivity contribution in [2.75, 3.05) is 0 Å². The van der Waals surface area contributed by atoms with Gasteiger partial charge < -0.3 is 5.11 Å². The van der Waals surface area contributed by atoms with E-state index in [0.717, 1.165) is 34.3 Å². The third-order valence-corrected chi connectivity index (χ3v) is 5.14. The zero-order chi connectivity index (χ0) is 20.4. The van der Waals surface area contributed by atoms with Crippen molar-refractivity contribution in [2.45, 2.75) is 46.5 Å². The first kappa shape index (κ1) is 20.1. The Morgan fingerprint density at radius 2 is 1.68 bits per heavy atom. The van der Waals surface area contributed by atoms with Crippen LogP contribution in [-0.4, -0.2) is 11.1 Å². The van der Waals surface area contributed by atoms with Gasteiger partial charge in [0.25, 0.3) is 0 Å². The first-order valence-electron chi connectivity index (χ1n) is 9.82. The van der Waals surface area contributed by atoms with Crippen LogP contribution in [0.5, 0.6) is 0 Å². The van der Waals surface area contributed by atoms with Crippen molar-refractivity contribution in [3.8, 4) is 0 Å². The number of allylic oxidation sites excluding steroid dienone is 2. The number of halogens is 1. The molecular formula is C25H27FO2. The Kier molecular flexibility index (Phi) is 5.83. The van der Waals surface area contributed by atoms with Crippen LogP contribution in [0.1, 0.15) is 68.7 Å². The fourth-order valence-corrected chi connectivity index (χ4v) is 3.79. The first-order chi connectivity index (χ1) is 13.3. The molecule has 0 bridgehead atoms. The highest BCUT2D eigenvalue weighted by Gasteiger charge is 2.28. The van der Waals surface area contributed by atoms with Crippen LogP contribution in [0.15, 0.2) is 48.0 Å². The summed E-state index contributed by atoms with van der Waals surface area (Å²) in [6.45, 7) is 8.56. The molecule has 0 aromatic heterocycles. The maximum absolute atomic E-state index is 13.9. The Labute approximate surface area is 166 Å². The highest BCUT2D eigenvalue weighted by atomic mass is 19.1. The largest absolute Gasteiger partial charge is 0.481 e.